The summed E-state index contributed by atoms with van der Waals surface area (Å²) in [6.45, 7) is 2.97. The van der Waals surface area contributed by atoms with Gasteiger partial charge in [0.05, 0.1) is 17.4 Å². The third kappa shape index (κ3) is 1.77. The summed E-state index contributed by atoms with van der Waals surface area (Å²) in [5.74, 6) is 0. The predicted octanol–water partition coefficient (Wildman–Crippen LogP) is 1.77. The maximum absolute atomic E-state index is 5.72. The highest BCUT2D eigenvalue weighted by molar-refractivity contribution is 5.74. The average Bonchev–Trinajstić information content (AvgIpc) is 2.58. The van der Waals surface area contributed by atoms with E-state index in [4.69, 9.17) is 5.73 Å². The van der Waals surface area contributed by atoms with E-state index in [1.807, 2.05) is 31.5 Å². The molecule has 1 heterocycles. The molecule has 1 aromatic heterocycles. The maximum atomic E-state index is 5.72. The van der Waals surface area contributed by atoms with E-state index in [1.165, 1.54) is 5.52 Å². The van der Waals surface area contributed by atoms with Crippen LogP contribution in [0.25, 0.3) is 11.0 Å². The van der Waals surface area contributed by atoms with Crippen LogP contribution in [-0.2, 0) is 6.54 Å². The second kappa shape index (κ2) is 3.80. The van der Waals surface area contributed by atoms with E-state index in [9.17, 15) is 0 Å². The first-order valence-electron chi connectivity index (χ1n) is 4.93. The van der Waals surface area contributed by atoms with E-state index >= 15 is 0 Å². The number of aryl methyl sites for hydroxylation is 1. The van der Waals surface area contributed by atoms with E-state index in [2.05, 4.69) is 15.6 Å². The van der Waals surface area contributed by atoms with Gasteiger partial charge in [0, 0.05) is 12.6 Å². The first kappa shape index (κ1) is 9.21. The Morgan fingerprint density at radius 3 is 3.00 bits per heavy atom. The minimum Gasteiger partial charge on any atom is -0.331 e. The van der Waals surface area contributed by atoms with E-state index < -0.39 is 0 Å². The summed E-state index contributed by atoms with van der Waals surface area (Å²) in [4.78, 5) is 4.32. The van der Waals surface area contributed by atoms with Crippen molar-refractivity contribution < 1.29 is 0 Å². The second-order valence-electron chi connectivity index (χ2n) is 3.69. The molecular weight excluding hydrogens is 174 g/mol. The van der Waals surface area contributed by atoms with E-state index in [0.717, 1.165) is 18.5 Å². The molecule has 3 nitrogen and oxygen atoms in total. The molecular formula is C11H15N3. The summed E-state index contributed by atoms with van der Waals surface area (Å²) >= 11 is 0. The van der Waals surface area contributed by atoms with E-state index in [0.29, 0.717) is 0 Å². The number of hydrogen-bond acceptors (Lipinski definition) is 2. The molecule has 1 aromatic carbocycles. The smallest absolute Gasteiger partial charge is 0.0958 e. The summed E-state index contributed by atoms with van der Waals surface area (Å²) in [5.41, 5.74) is 7.96. The molecule has 1 unspecified atom stereocenters. The third-order valence-corrected chi connectivity index (χ3v) is 2.35. The van der Waals surface area contributed by atoms with E-state index in [-0.39, 0.29) is 6.04 Å². The molecule has 14 heavy (non-hydrogen) atoms. The van der Waals surface area contributed by atoms with Crippen molar-refractivity contribution in [2.24, 2.45) is 5.73 Å². The van der Waals surface area contributed by atoms with Crippen LogP contribution >= 0.6 is 0 Å². The van der Waals surface area contributed by atoms with Crippen molar-refractivity contribution in [2.45, 2.75) is 25.9 Å². The minimum atomic E-state index is 0.246. The summed E-state index contributed by atoms with van der Waals surface area (Å²) < 4.78 is 2.15. The van der Waals surface area contributed by atoms with Crippen LogP contribution in [0.1, 0.15) is 13.3 Å². The molecule has 2 N–H and O–H groups in total. The molecule has 0 saturated heterocycles. The van der Waals surface area contributed by atoms with Gasteiger partial charge in [-0.05, 0) is 25.5 Å². The largest absolute Gasteiger partial charge is 0.331 e. The fourth-order valence-electron chi connectivity index (χ4n) is 1.53. The number of para-hydroxylation sites is 2. The summed E-state index contributed by atoms with van der Waals surface area (Å²) in [5, 5.41) is 0. The van der Waals surface area contributed by atoms with E-state index in [1.54, 1.807) is 0 Å². The Morgan fingerprint density at radius 1 is 1.43 bits per heavy atom. The average molecular weight is 189 g/mol. The van der Waals surface area contributed by atoms with Gasteiger partial charge in [0.2, 0.25) is 0 Å². The lowest BCUT2D eigenvalue weighted by atomic mass is 10.2. The number of rotatable bonds is 3. The van der Waals surface area contributed by atoms with Crippen molar-refractivity contribution in [1.82, 2.24) is 9.55 Å². The van der Waals surface area contributed by atoms with Crippen molar-refractivity contribution in [1.29, 1.82) is 0 Å². The molecule has 2 aromatic rings. The van der Waals surface area contributed by atoms with Gasteiger partial charge < -0.3 is 10.3 Å². The molecule has 0 aliphatic rings. The molecule has 3 heteroatoms. The number of fused-ring (bicyclic) bond motifs is 1. The molecule has 1 atom stereocenters. The number of imidazole rings is 1. The number of hydrogen-bond donors (Lipinski definition) is 1. The summed E-state index contributed by atoms with van der Waals surface area (Å²) in [7, 11) is 0. The van der Waals surface area contributed by atoms with Crippen LogP contribution in [0.3, 0.4) is 0 Å². The molecule has 0 spiro atoms. The van der Waals surface area contributed by atoms with Crippen LogP contribution in [0.15, 0.2) is 30.6 Å². The Kier molecular flexibility index (Phi) is 2.50. The number of benzene rings is 1. The zero-order valence-electron chi connectivity index (χ0n) is 8.35. The van der Waals surface area contributed by atoms with Crippen molar-refractivity contribution in [3.8, 4) is 0 Å². The van der Waals surface area contributed by atoms with Crippen LogP contribution in [0, 0.1) is 0 Å². The first-order chi connectivity index (χ1) is 6.77. The van der Waals surface area contributed by atoms with Crippen molar-refractivity contribution in [3.05, 3.63) is 30.6 Å². The van der Waals surface area contributed by atoms with Gasteiger partial charge in [0.25, 0.3) is 0 Å². The third-order valence-electron chi connectivity index (χ3n) is 2.35. The molecule has 0 aliphatic carbocycles. The highest BCUT2D eigenvalue weighted by Crippen LogP contribution is 2.12. The van der Waals surface area contributed by atoms with Gasteiger partial charge in [-0.1, -0.05) is 12.1 Å². The summed E-state index contributed by atoms with van der Waals surface area (Å²) in [6.07, 6.45) is 2.87. The lowest BCUT2D eigenvalue weighted by molar-refractivity contribution is 0.580. The molecule has 0 aliphatic heterocycles. The van der Waals surface area contributed by atoms with Gasteiger partial charge in [-0.3, -0.25) is 0 Å². The fraction of sp³-hybridized carbons (Fsp3) is 0.364. The SMILES string of the molecule is CC(N)CCn1cnc2ccccc21. The van der Waals surface area contributed by atoms with Gasteiger partial charge >= 0.3 is 0 Å². The number of nitrogens with zero attached hydrogens (tertiary/aromatic N) is 2. The Hall–Kier alpha value is -1.35. The molecule has 2 rings (SSSR count). The highest BCUT2D eigenvalue weighted by Gasteiger charge is 2.01. The van der Waals surface area contributed by atoms with Crippen LogP contribution in [-0.4, -0.2) is 15.6 Å². The van der Waals surface area contributed by atoms with Crippen molar-refractivity contribution >= 4 is 11.0 Å². The predicted molar refractivity (Wildman–Crippen MR) is 58.0 cm³/mol. The fourth-order valence-corrected chi connectivity index (χ4v) is 1.53. The Balaban J connectivity index is 2.25. The standard InChI is InChI=1S/C11H15N3/c1-9(12)6-7-14-8-13-10-4-2-3-5-11(10)14/h2-5,8-9H,6-7,12H2,1H3. The van der Waals surface area contributed by atoms with Gasteiger partial charge in [-0.15, -0.1) is 0 Å². The normalized spacial score (nSPS) is 13.3. The lowest BCUT2D eigenvalue weighted by Gasteiger charge is -2.06. The van der Waals surface area contributed by atoms with Crippen LogP contribution in [0.2, 0.25) is 0 Å². The lowest BCUT2D eigenvalue weighted by Crippen LogP contribution is -2.17. The topological polar surface area (TPSA) is 43.8 Å². The highest BCUT2D eigenvalue weighted by atomic mass is 15.0. The maximum Gasteiger partial charge on any atom is 0.0958 e. The molecule has 74 valence electrons. The van der Waals surface area contributed by atoms with Gasteiger partial charge in [-0.25, -0.2) is 4.98 Å². The van der Waals surface area contributed by atoms with Gasteiger partial charge in [0.15, 0.2) is 0 Å². The van der Waals surface area contributed by atoms with Crippen molar-refractivity contribution in [3.63, 3.8) is 0 Å². The number of nitrogens with two attached hydrogens (primary N) is 1. The van der Waals surface area contributed by atoms with Crippen molar-refractivity contribution in [2.75, 3.05) is 0 Å². The second-order valence-corrected chi connectivity index (χ2v) is 3.69. The molecule has 0 radical (unpaired) electrons. The zero-order chi connectivity index (χ0) is 9.97. The zero-order valence-corrected chi connectivity index (χ0v) is 8.35. The van der Waals surface area contributed by atoms with Gasteiger partial charge in [-0.2, -0.15) is 0 Å². The summed E-state index contributed by atoms with van der Waals surface area (Å²) in [6, 6.07) is 8.40. The molecule has 0 bridgehead atoms. The molecule has 0 saturated carbocycles. The van der Waals surface area contributed by atoms with Crippen LogP contribution < -0.4 is 5.73 Å². The Labute approximate surface area is 83.6 Å². The quantitative estimate of drug-likeness (QED) is 0.799. The minimum absolute atomic E-state index is 0.246. The molecule has 0 amide bonds. The Bertz CT molecular complexity index is 417. The van der Waals surface area contributed by atoms with Crippen LogP contribution in [0.4, 0.5) is 0 Å². The monoisotopic (exact) mass is 189 g/mol. The van der Waals surface area contributed by atoms with Gasteiger partial charge in [0.1, 0.15) is 0 Å². The molecule has 0 fully saturated rings. The Morgan fingerprint density at radius 2 is 2.21 bits per heavy atom. The number of aromatic nitrogens is 2. The van der Waals surface area contributed by atoms with Crippen LogP contribution in [0.5, 0.6) is 0 Å². The first-order valence-corrected chi connectivity index (χ1v) is 4.93.